The van der Waals surface area contributed by atoms with Crippen LogP contribution in [0.2, 0.25) is 0 Å². The molecule has 0 bridgehead atoms. The topological polar surface area (TPSA) is 31.5 Å². The second-order valence-corrected chi connectivity index (χ2v) is 2.08. The third-order valence-corrected chi connectivity index (χ3v) is 1.46. The molecule has 0 radical (unpaired) electrons. The van der Waals surface area contributed by atoms with E-state index in [1.54, 1.807) is 11.3 Å². The van der Waals surface area contributed by atoms with Gasteiger partial charge in [-0.15, -0.1) is 0 Å². The fourth-order valence-electron chi connectivity index (χ4n) is 0.333. The van der Waals surface area contributed by atoms with Gasteiger partial charge in [-0.2, -0.15) is 0 Å². The molecule has 0 saturated heterocycles. The maximum atomic E-state index is 2.12. The van der Waals surface area contributed by atoms with Crippen molar-refractivity contribution in [2.24, 2.45) is 0 Å². The van der Waals surface area contributed by atoms with Crippen LogP contribution in [0.1, 0.15) is 0 Å². The van der Waals surface area contributed by atoms with Gasteiger partial charge in [0.25, 0.3) is 0 Å². The Morgan fingerprint density at radius 2 is 2.29 bits per heavy atom. The second-order valence-electron chi connectivity index (χ2n) is 1.30. The van der Waals surface area contributed by atoms with Gasteiger partial charge < -0.3 is 5.48 Å². The standard InChI is InChI=1S/C4H3S.Li.H2O/c1-2-4-5-3-1;;/h1,3-4H;;1H2. The summed E-state index contributed by atoms with van der Waals surface area (Å²) >= 11 is 3.83. The molecule has 34 valence electrons. The summed E-state index contributed by atoms with van der Waals surface area (Å²) < 4.78 is 1.36. The SMILES string of the molecule is O.[Li][c]1ccsc1. The first kappa shape index (κ1) is 7.26. The molecule has 0 fully saturated rings. The second kappa shape index (κ2) is 3.28. The normalized spacial score (nSPS) is 7.71. The predicted molar refractivity (Wildman–Crippen MR) is 33.3 cm³/mol. The van der Waals surface area contributed by atoms with E-state index in [9.17, 15) is 0 Å². The molecule has 1 nitrogen and oxygen atoms in total. The van der Waals surface area contributed by atoms with E-state index in [2.05, 4.69) is 34.5 Å². The molecule has 0 saturated carbocycles. The van der Waals surface area contributed by atoms with Gasteiger partial charge in [0.2, 0.25) is 0 Å². The first-order valence-corrected chi connectivity index (χ1v) is 2.82. The summed E-state index contributed by atoms with van der Waals surface area (Å²) in [5.74, 6) is 0. The summed E-state index contributed by atoms with van der Waals surface area (Å²) in [5, 5.41) is 4.20. The molecule has 3 heteroatoms. The van der Waals surface area contributed by atoms with Crippen molar-refractivity contribution in [2.45, 2.75) is 0 Å². The monoisotopic (exact) mass is 108 g/mol. The number of thiophene rings is 1. The van der Waals surface area contributed by atoms with Crippen molar-refractivity contribution < 1.29 is 5.48 Å². The van der Waals surface area contributed by atoms with E-state index in [1.807, 2.05) is 0 Å². The summed E-state index contributed by atoms with van der Waals surface area (Å²) in [7, 11) is 0. The van der Waals surface area contributed by atoms with Crippen LogP contribution in [0.15, 0.2) is 16.8 Å². The molecular weight excluding hydrogens is 103 g/mol. The number of rotatable bonds is 0. The first-order chi connectivity index (χ1) is 2.89. The van der Waals surface area contributed by atoms with Crippen LogP contribution < -0.4 is 4.24 Å². The van der Waals surface area contributed by atoms with E-state index in [-0.39, 0.29) is 5.48 Å². The van der Waals surface area contributed by atoms with Crippen molar-refractivity contribution in [1.82, 2.24) is 0 Å². The summed E-state index contributed by atoms with van der Waals surface area (Å²) in [5.41, 5.74) is 0. The Kier molecular flexibility index (Phi) is 3.40. The quantitative estimate of drug-likeness (QED) is 0.409. The van der Waals surface area contributed by atoms with Gasteiger partial charge in [0.15, 0.2) is 0 Å². The number of hydrogen-bond donors (Lipinski definition) is 0. The van der Waals surface area contributed by atoms with Gasteiger partial charge in [-0.05, 0) is 0 Å². The van der Waals surface area contributed by atoms with Crippen molar-refractivity contribution >= 4 is 33.3 Å². The minimum atomic E-state index is 0. The van der Waals surface area contributed by atoms with E-state index < -0.39 is 0 Å². The molecule has 0 aromatic carbocycles. The van der Waals surface area contributed by atoms with Crippen LogP contribution in [0.3, 0.4) is 0 Å². The van der Waals surface area contributed by atoms with E-state index >= 15 is 0 Å². The van der Waals surface area contributed by atoms with Crippen LogP contribution in [-0.2, 0) is 0 Å². The first-order valence-electron chi connectivity index (χ1n) is 1.88. The van der Waals surface area contributed by atoms with Crippen LogP contribution in [0, 0.1) is 0 Å². The molecule has 0 aliphatic carbocycles. The molecule has 1 heterocycles. The van der Waals surface area contributed by atoms with Crippen molar-refractivity contribution in [3.63, 3.8) is 0 Å². The third kappa shape index (κ3) is 2.15. The summed E-state index contributed by atoms with van der Waals surface area (Å²) in [6, 6.07) is 2.10. The summed E-state index contributed by atoms with van der Waals surface area (Å²) in [4.78, 5) is 0. The zero-order chi connectivity index (χ0) is 4.41. The molecule has 7 heavy (non-hydrogen) atoms. The van der Waals surface area contributed by atoms with Gasteiger partial charge in [-0.3, -0.25) is 0 Å². The predicted octanol–water partition coefficient (Wildman–Crippen LogP) is -0.283. The van der Waals surface area contributed by atoms with Gasteiger partial charge in [0.1, 0.15) is 0 Å². The van der Waals surface area contributed by atoms with Crippen molar-refractivity contribution in [3.05, 3.63) is 16.8 Å². The molecular formula is C4H5LiOS. The zero-order valence-electron chi connectivity index (χ0n) is 4.14. The molecule has 1 rings (SSSR count). The molecule has 0 aliphatic rings. The molecule has 0 amide bonds. The van der Waals surface area contributed by atoms with Crippen LogP contribution in [0.5, 0.6) is 0 Å². The van der Waals surface area contributed by atoms with Gasteiger partial charge in [-0.25, -0.2) is 0 Å². The van der Waals surface area contributed by atoms with Crippen LogP contribution in [0.4, 0.5) is 0 Å². The van der Waals surface area contributed by atoms with Gasteiger partial charge in [0, 0.05) is 0 Å². The zero-order valence-corrected chi connectivity index (χ0v) is 4.96. The fourth-order valence-corrected chi connectivity index (χ4v) is 0.998. The third-order valence-electron chi connectivity index (χ3n) is 0.663. The molecule has 0 atom stereocenters. The van der Waals surface area contributed by atoms with E-state index in [4.69, 9.17) is 0 Å². The Labute approximate surface area is 55.9 Å². The number of hydrogen-bond acceptors (Lipinski definition) is 1. The molecule has 1 aromatic rings. The molecule has 2 N–H and O–H groups in total. The average Bonchev–Trinajstić information content (AvgIpc) is 1.86. The molecule has 0 aliphatic heterocycles. The molecule has 0 spiro atoms. The molecule has 0 unspecified atom stereocenters. The Morgan fingerprint density at radius 1 is 1.57 bits per heavy atom. The molecule has 1 aromatic heterocycles. The maximum absolute atomic E-state index is 2.12. The van der Waals surface area contributed by atoms with Crippen LogP contribution in [0.25, 0.3) is 0 Å². The average molecular weight is 108 g/mol. The Hall–Kier alpha value is 0.257. The van der Waals surface area contributed by atoms with Crippen molar-refractivity contribution in [3.8, 4) is 0 Å². The summed E-state index contributed by atoms with van der Waals surface area (Å²) in [6.45, 7) is 0. The van der Waals surface area contributed by atoms with Gasteiger partial charge in [-0.1, -0.05) is 0 Å². The Morgan fingerprint density at radius 3 is 2.43 bits per heavy atom. The van der Waals surface area contributed by atoms with Crippen molar-refractivity contribution in [1.29, 1.82) is 0 Å². The van der Waals surface area contributed by atoms with Crippen LogP contribution in [-0.4, -0.2) is 23.2 Å². The summed E-state index contributed by atoms with van der Waals surface area (Å²) in [6.07, 6.45) is 0. The van der Waals surface area contributed by atoms with Gasteiger partial charge in [0.05, 0.1) is 0 Å². The Balaban J connectivity index is 0.000000360. The minimum absolute atomic E-state index is 0. The Bertz CT molecular complexity index is 115. The van der Waals surface area contributed by atoms with Crippen LogP contribution >= 0.6 is 11.3 Å². The van der Waals surface area contributed by atoms with E-state index in [0.717, 1.165) is 0 Å². The van der Waals surface area contributed by atoms with Crippen molar-refractivity contribution in [2.75, 3.05) is 0 Å². The van der Waals surface area contributed by atoms with E-state index in [0.29, 0.717) is 0 Å². The fraction of sp³-hybridized carbons (Fsp3) is 0. The van der Waals surface area contributed by atoms with E-state index in [1.165, 1.54) is 4.24 Å². The van der Waals surface area contributed by atoms with Gasteiger partial charge >= 0.3 is 50.1 Å².